The molecule has 1 fully saturated rings. The van der Waals surface area contributed by atoms with Crippen LogP contribution in [0.2, 0.25) is 0 Å². The fourth-order valence-electron chi connectivity index (χ4n) is 2.09. The number of ether oxygens (including phenoxy) is 1. The Bertz CT molecular complexity index is 304. The molecule has 0 saturated carbocycles. The number of nitrogens with two attached hydrogens (primary N) is 1. The minimum atomic E-state index is -0.709. The van der Waals surface area contributed by atoms with Gasteiger partial charge in [-0.1, -0.05) is 19.1 Å². The largest absolute Gasteiger partial charge is 0.392 e. The van der Waals surface area contributed by atoms with Gasteiger partial charge in [0.25, 0.3) is 0 Å². The second-order valence-corrected chi connectivity index (χ2v) is 5.94. The highest BCUT2D eigenvalue weighted by molar-refractivity contribution is 7.98. The van der Waals surface area contributed by atoms with Gasteiger partial charge in [-0.3, -0.25) is 4.79 Å². The molecule has 104 valence electrons. The highest BCUT2D eigenvalue weighted by Crippen LogP contribution is 2.31. The molecule has 6 heteroatoms. The summed E-state index contributed by atoms with van der Waals surface area (Å²) in [4.78, 5) is 12.8. The van der Waals surface area contributed by atoms with Crippen LogP contribution in [-0.4, -0.2) is 42.2 Å². The lowest BCUT2D eigenvalue weighted by molar-refractivity contribution is -0.132. The van der Waals surface area contributed by atoms with Crippen LogP contribution in [0.25, 0.3) is 0 Å². The summed E-state index contributed by atoms with van der Waals surface area (Å²) < 4.78 is 5.30. The third-order valence-electron chi connectivity index (χ3n) is 3.45. The van der Waals surface area contributed by atoms with Crippen molar-refractivity contribution >= 4 is 34.9 Å². The zero-order valence-corrected chi connectivity index (χ0v) is 12.7. The normalized spacial score (nSPS) is 20.1. The Kier molecular flexibility index (Phi) is 6.38. The molecule has 18 heavy (non-hydrogen) atoms. The summed E-state index contributed by atoms with van der Waals surface area (Å²) >= 11 is 6.84. The van der Waals surface area contributed by atoms with E-state index >= 15 is 0 Å². The standard InChI is InChI=1S/C12H22N2O2S2/c1-3-9(8-18-2)14-11(15)12(10(13)17)4-6-16-7-5-12/h9H,3-8H2,1-2H3,(H2,13,17)(H,14,15). The van der Waals surface area contributed by atoms with Gasteiger partial charge in [-0.05, 0) is 25.5 Å². The predicted molar refractivity (Wildman–Crippen MR) is 79.9 cm³/mol. The zero-order chi connectivity index (χ0) is 13.6. The molecule has 4 nitrogen and oxygen atoms in total. The Balaban J connectivity index is 2.73. The van der Waals surface area contributed by atoms with Gasteiger partial charge in [0, 0.05) is 25.0 Å². The summed E-state index contributed by atoms with van der Waals surface area (Å²) in [6.45, 7) is 3.16. The summed E-state index contributed by atoms with van der Waals surface area (Å²) in [6, 6.07) is 0.182. The fourth-order valence-corrected chi connectivity index (χ4v) is 3.11. The molecule has 0 aromatic heterocycles. The van der Waals surface area contributed by atoms with Crippen molar-refractivity contribution in [2.24, 2.45) is 11.1 Å². The van der Waals surface area contributed by atoms with Crippen molar-refractivity contribution in [2.75, 3.05) is 25.2 Å². The van der Waals surface area contributed by atoms with E-state index < -0.39 is 5.41 Å². The Labute approximate surface area is 118 Å². The Hall–Kier alpha value is -0.330. The SMILES string of the molecule is CCC(CSC)NC(=O)C1(C(N)=S)CCOCC1. The lowest BCUT2D eigenvalue weighted by Gasteiger charge is -2.35. The van der Waals surface area contributed by atoms with E-state index in [1.807, 2.05) is 6.26 Å². The van der Waals surface area contributed by atoms with Crippen LogP contribution in [0.4, 0.5) is 0 Å². The molecule has 1 heterocycles. The molecule has 1 aliphatic heterocycles. The van der Waals surface area contributed by atoms with E-state index in [-0.39, 0.29) is 11.9 Å². The third kappa shape index (κ3) is 3.59. The molecule has 0 bridgehead atoms. The van der Waals surface area contributed by atoms with Crippen molar-refractivity contribution in [1.29, 1.82) is 0 Å². The first-order chi connectivity index (χ1) is 8.56. The Morgan fingerprint density at radius 2 is 2.17 bits per heavy atom. The van der Waals surface area contributed by atoms with Gasteiger partial charge in [-0.15, -0.1) is 0 Å². The van der Waals surface area contributed by atoms with E-state index in [2.05, 4.69) is 12.2 Å². The molecule has 0 radical (unpaired) electrons. The number of thioether (sulfide) groups is 1. The van der Waals surface area contributed by atoms with Crippen molar-refractivity contribution in [1.82, 2.24) is 5.32 Å². The molecule has 1 amide bonds. The van der Waals surface area contributed by atoms with Crippen LogP contribution in [0.3, 0.4) is 0 Å². The Morgan fingerprint density at radius 3 is 2.61 bits per heavy atom. The molecule has 1 unspecified atom stereocenters. The van der Waals surface area contributed by atoms with Crippen molar-refractivity contribution in [3.63, 3.8) is 0 Å². The van der Waals surface area contributed by atoms with Crippen molar-refractivity contribution in [2.45, 2.75) is 32.2 Å². The van der Waals surface area contributed by atoms with E-state index in [9.17, 15) is 4.79 Å². The lowest BCUT2D eigenvalue weighted by Crippen LogP contribution is -2.54. The van der Waals surface area contributed by atoms with E-state index in [0.717, 1.165) is 12.2 Å². The van der Waals surface area contributed by atoms with Gasteiger partial charge in [0.2, 0.25) is 5.91 Å². The summed E-state index contributed by atoms with van der Waals surface area (Å²) in [5, 5.41) is 3.08. The summed E-state index contributed by atoms with van der Waals surface area (Å²) in [7, 11) is 0. The van der Waals surface area contributed by atoms with Gasteiger partial charge >= 0.3 is 0 Å². The number of hydrogen-bond donors (Lipinski definition) is 2. The van der Waals surface area contributed by atoms with Crippen LogP contribution in [0.1, 0.15) is 26.2 Å². The van der Waals surface area contributed by atoms with Gasteiger partial charge < -0.3 is 15.8 Å². The van der Waals surface area contributed by atoms with Crippen LogP contribution in [0, 0.1) is 5.41 Å². The monoisotopic (exact) mass is 290 g/mol. The molecule has 0 aromatic rings. The summed E-state index contributed by atoms with van der Waals surface area (Å²) in [5.74, 6) is 0.880. The van der Waals surface area contributed by atoms with Crippen molar-refractivity contribution < 1.29 is 9.53 Å². The number of carbonyl (C=O) groups excluding carboxylic acids is 1. The molecule has 0 aliphatic carbocycles. The zero-order valence-electron chi connectivity index (χ0n) is 11.0. The van der Waals surface area contributed by atoms with E-state index in [4.69, 9.17) is 22.7 Å². The molecular formula is C12H22N2O2S2. The molecule has 0 aromatic carbocycles. The van der Waals surface area contributed by atoms with E-state index in [1.165, 1.54) is 0 Å². The number of thiocarbonyl (C=S) groups is 1. The molecule has 0 spiro atoms. The van der Waals surface area contributed by atoms with Gasteiger partial charge in [-0.2, -0.15) is 11.8 Å². The maximum absolute atomic E-state index is 12.5. The van der Waals surface area contributed by atoms with Crippen LogP contribution in [0.5, 0.6) is 0 Å². The predicted octanol–water partition coefficient (Wildman–Crippen LogP) is 1.33. The van der Waals surface area contributed by atoms with Crippen LogP contribution >= 0.6 is 24.0 Å². The van der Waals surface area contributed by atoms with Gasteiger partial charge in [0.15, 0.2) is 0 Å². The number of carbonyl (C=O) groups is 1. The molecule has 1 rings (SSSR count). The quantitative estimate of drug-likeness (QED) is 0.723. The topological polar surface area (TPSA) is 64.4 Å². The van der Waals surface area contributed by atoms with Crippen molar-refractivity contribution in [3.05, 3.63) is 0 Å². The summed E-state index contributed by atoms with van der Waals surface area (Å²) in [5.41, 5.74) is 5.10. The van der Waals surface area contributed by atoms with E-state index in [1.54, 1.807) is 11.8 Å². The number of hydrogen-bond acceptors (Lipinski definition) is 4. The Morgan fingerprint density at radius 1 is 1.56 bits per heavy atom. The fraction of sp³-hybridized carbons (Fsp3) is 0.833. The van der Waals surface area contributed by atoms with Crippen LogP contribution in [-0.2, 0) is 9.53 Å². The molecule has 1 aliphatic rings. The highest BCUT2D eigenvalue weighted by Gasteiger charge is 2.43. The molecular weight excluding hydrogens is 268 g/mol. The maximum Gasteiger partial charge on any atom is 0.233 e. The molecule has 3 N–H and O–H groups in total. The van der Waals surface area contributed by atoms with Crippen LogP contribution in [0.15, 0.2) is 0 Å². The number of amides is 1. The van der Waals surface area contributed by atoms with Crippen molar-refractivity contribution in [3.8, 4) is 0 Å². The maximum atomic E-state index is 12.5. The average Bonchev–Trinajstić information content (AvgIpc) is 2.38. The summed E-state index contributed by atoms with van der Waals surface area (Å²) in [6.07, 6.45) is 4.12. The third-order valence-corrected chi connectivity index (χ3v) is 4.57. The van der Waals surface area contributed by atoms with Gasteiger partial charge in [-0.25, -0.2) is 0 Å². The van der Waals surface area contributed by atoms with Gasteiger partial charge in [0.1, 0.15) is 5.41 Å². The smallest absolute Gasteiger partial charge is 0.233 e. The van der Waals surface area contributed by atoms with Crippen LogP contribution < -0.4 is 11.1 Å². The van der Waals surface area contributed by atoms with Gasteiger partial charge in [0.05, 0.1) is 4.99 Å². The minimum Gasteiger partial charge on any atom is -0.392 e. The minimum absolute atomic E-state index is 0.0285. The lowest BCUT2D eigenvalue weighted by atomic mass is 9.79. The first kappa shape index (κ1) is 15.7. The average molecular weight is 290 g/mol. The number of nitrogens with one attached hydrogen (secondary N) is 1. The highest BCUT2D eigenvalue weighted by atomic mass is 32.2. The molecule has 1 atom stereocenters. The molecule has 1 saturated heterocycles. The second kappa shape index (κ2) is 7.31. The van der Waals surface area contributed by atoms with E-state index in [0.29, 0.717) is 31.0 Å². The first-order valence-electron chi connectivity index (χ1n) is 6.24. The second-order valence-electron chi connectivity index (χ2n) is 4.59. The first-order valence-corrected chi connectivity index (χ1v) is 8.04. The number of rotatable bonds is 6.